The molecular formula is C9H11N3O3. The summed E-state index contributed by atoms with van der Waals surface area (Å²) >= 11 is 0. The first-order valence-corrected chi connectivity index (χ1v) is 4.94. The number of nitrogens with zero attached hydrogens (tertiary/aromatic N) is 3. The van der Waals surface area contributed by atoms with Crippen LogP contribution in [0, 0.1) is 18.8 Å². The molecule has 0 bridgehead atoms. The number of piperidine rings is 1. The number of likely N-dealkylation sites (tertiary alicyclic amines) is 1. The van der Waals surface area contributed by atoms with Crippen molar-refractivity contribution in [2.75, 3.05) is 13.1 Å². The molecule has 2 heterocycles. The van der Waals surface area contributed by atoms with Crippen molar-refractivity contribution in [1.29, 1.82) is 0 Å². The van der Waals surface area contributed by atoms with Gasteiger partial charge in [0.25, 0.3) is 0 Å². The number of fused-ring (bicyclic) bond motifs is 1. The minimum absolute atomic E-state index is 0.293. The molecule has 1 aromatic heterocycles. The van der Waals surface area contributed by atoms with Crippen LogP contribution in [0.1, 0.15) is 17.7 Å². The van der Waals surface area contributed by atoms with E-state index < -0.39 is 6.09 Å². The minimum atomic E-state index is -0.831. The van der Waals surface area contributed by atoms with E-state index >= 15 is 0 Å². The standard InChI is InChI=1S/C9H11N3O3/c1-4-10-11-8(15-4)7-5-2-12(9(13)14)3-6(5)7/h5-7H,2-3H2,1H3,(H,13,14)/t5-,6+,7?. The average Bonchev–Trinajstić information content (AvgIpc) is 2.62. The summed E-state index contributed by atoms with van der Waals surface area (Å²) in [6.07, 6.45) is -0.831. The molecule has 1 amide bonds. The maximum atomic E-state index is 10.7. The van der Waals surface area contributed by atoms with E-state index in [1.807, 2.05) is 0 Å². The van der Waals surface area contributed by atoms with E-state index in [-0.39, 0.29) is 0 Å². The summed E-state index contributed by atoms with van der Waals surface area (Å²) < 4.78 is 5.35. The average molecular weight is 209 g/mol. The maximum absolute atomic E-state index is 10.7. The lowest BCUT2D eigenvalue weighted by Gasteiger charge is -2.14. The Hall–Kier alpha value is -1.59. The zero-order chi connectivity index (χ0) is 10.6. The van der Waals surface area contributed by atoms with Crippen LogP contribution in [0.2, 0.25) is 0 Å². The number of hydrogen-bond donors (Lipinski definition) is 1. The molecule has 3 rings (SSSR count). The largest absolute Gasteiger partial charge is 0.465 e. The third kappa shape index (κ3) is 1.20. The summed E-state index contributed by atoms with van der Waals surface area (Å²) in [4.78, 5) is 12.1. The van der Waals surface area contributed by atoms with Crippen LogP contribution in [0.15, 0.2) is 4.42 Å². The Morgan fingerprint density at radius 1 is 1.47 bits per heavy atom. The highest BCUT2D eigenvalue weighted by Crippen LogP contribution is 2.57. The summed E-state index contributed by atoms with van der Waals surface area (Å²) in [7, 11) is 0. The van der Waals surface area contributed by atoms with Crippen LogP contribution in [0.25, 0.3) is 0 Å². The van der Waals surface area contributed by atoms with Gasteiger partial charge in [0.15, 0.2) is 0 Å². The molecule has 1 aromatic rings. The van der Waals surface area contributed by atoms with Crippen molar-refractivity contribution in [3.8, 4) is 0 Å². The number of carbonyl (C=O) groups is 1. The first-order chi connectivity index (χ1) is 7.16. The highest BCUT2D eigenvalue weighted by atomic mass is 16.4. The molecular weight excluding hydrogens is 198 g/mol. The Balaban J connectivity index is 1.70. The van der Waals surface area contributed by atoms with Crippen LogP contribution in [0.5, 0.6) is 0 Å². The first-order valence-electron chi connectivity index (χ1n) is 4.94. The number of aryl methyl sites for hydroxylation is 1. The van der Waals surface area contributed by atoms with Crippen LogP contribution < -0.4 is 0 Å². The summed E-state index contributed by atoms with van der Waals surface area (Å²) in [6.45, 7) is 2.97. The van der Waals surface area contributed by atoms with E-state index in [2.05, 4.69) is 10.2 Å². The van der Waals surface area contributed by atoms with E-state index in [0.29, 0.717) is 42.6 Å². The number of rotatable bonds is 1. The lowest BCUT2D eigenvalue weighted by molar-refractivity contribution is 0.149. The smallest absolute Gasteiger partial charge is 0.407 e. The van der Waals surface area contributed by atoms with Crippen LogP contribution >= 0.6 is 0 Å². The lowest BCUT2D eigenvalue weighted by atomic mass is 10.3. The molecule has 1 N–H and O–H groups in total. The number of hydrogen-bond acceptors (Lipinski definition) is 4. The minimum Gasteiger partial charge on any atom is -0.465 e. The summed E-state index contributed by atoms with van der Waals surface area (Å²) in [6, 6.07) is 0. The third-order valence-electron chi connectivity index (χ3n) is 3.29. The summed E-state index contributed by atoms with van der Waals surface area (Å²) in [5, 5.41) is 16.5. The zero-order valence-electron chi connectivity index (χ0n) is 8.25. The number of amides is 1. The number of aromatic nitrogens is 2. The van der Waals surface area contributed by atoms with Gasteiger partial charge in [-0.2, -0.15) is 0 Å². The molecule has 0 aromatic carbocycles. The predicted molar refractivity (Wildman–Crippen MR) is 48.4 cm³/mol. The second-order valence-corrected chi connectivity index (χ2v) is 4.20. The topological polar surface area (TPSA) is 79.5 Å². The Bertz CT molecular complexity index is 404. The quantitative estimate of drug-likeness (QED) is 0.736. The molecule has 15 heavy (non-hydrogen) atoms. The molecule has 0 spiro atoms. The Morgan fingerprint density at radius 2 is 2.13 bits per heavy atom. The Kier molecular flexibility index (Phi) is 1.57. The summed E-state index contributed by atoms with van der Waals surface area (Å²) in [5.74, 6) is 2.32. The number of carboxylic acid groups (broad SMARTS) is 1. The van der Waals surface area contributed by atoms with Gasteiger partial charge in [-0.25, -0.2) is 4.79 Å². The molecule has 80 valence electrons. The van der Waals surface area contributed by atoms with Gasteiger partial charge in [0.05, 0.1) is 0 Å². The molecule has 1 unspecified atom stereocenters. The molecule has 1 saturated carbocycles. The van der Waals surface area contributed by atoms with E-state index in [0.717, 1.165) is 0 Å². The van der Waals surface area contributed by atoms with Gasteiger partial charge >= 0.3 is 6.09 Å². The molecule has 1 aliphatic carbocycles. The van der Waals surface area contributed by atoms with Crippen LogP contribution in [-0.2, 0) is 0 Å². The van der Waals surface area contributed by atoms with Gasteiger partial charge in [0.1, 0.15) is 0 Å². The molecule has 1 aliphatic heterocycles. The fourth-order valence-electron chi connectivity index (χ4n) is 2.50. The molecule has 1 saturated heterocycles. The molecule has 6 nitrogen and oxygen atoms in total. The van der Waals surface area contributed by atoms with Gasteiger partial charge in [-0.05, 0) is 11.8 Å². The van der Waals surface area contributed by atoms with Gasteiger partial charge in [-0.3, -0.25) is 0 Å². The third-order valence-corrected chi connectivity index (χ3v) is 3.29. The van der Waals surface area contributed by atoms with Crippen molar-refractivity contribution < 1.29 is 14.3 Å². The monoisotopic (exact) mass is 209 g/mol. The van der Waals surface area contributed by atoms with E-state index in [9.17, 15) is 4.79 Å². The van der Waals surface area contributed by atoms with Crippen molar-refractivity contribution in [2.24, 2.45) is 11.8 Å². The van der Waals surface area contributed by atoms with E-state index in [4.69, 9.17) is 9.52 Å². The van der Waals surface area contributed by atoms with Crippen molar-refractivity contribution >= 4 is 6.09 Å². The molecule has 6 heteroatoms. The second kappa shape index (κ2) is 2.71. The van der Waals surface area contributed by atoms with E-state index in [1.54, 1.807) is 6.92 Å². The summed E-state index contributed by atoms with van der Waals surface area (Å²) in [5.41, 5.74) is 0. The van der Waals surface area contributed by atoms with Gasteiger partial charge in [-0.1, -0.05) is 0 Å². The van der Waals surface area contributed by atoms with Crippen LogP contribution in [-0.4, -0.2) is 39.4 Å². The van der Waals surface area contributed by atoms with Crippen molar-refractivity contribution in [2.45, 2.75) is 12.8 Å². The van der Waals surface area contributed by atoms with Crippen LogP contribution in [0.4, 0.5) is 4.79 Å². The fourth-order valence-corrected chi connectivity index (χ4v) is 2.50. The Morgan fingerprint density at radius 3 is 2.60 bits per heavy atom. The molecule has 3 atom stereocenters. The fraction of sp³-hybridized carbons (Fsp3) is 0.667. The first kappa shape index (κ1) is 8.70. The SMILES string of the molecule is Cc1nnc(C2[C@H]3CN(C(=O)O)C[C@@H]23)o1. The van der Waals surface area contributed by atoms with E-state index in [1.165, 1.54) is 4.90 Å². The normalized spacial score (nSPS) is 32.9. The second-order valence-electron chi connectivity index (χ2n) is 4.20. The predicted octanol–water partition coefficient (Wildman–Crippen LogP) is 0.701. The van der Waals surface area contributed by atoms with Crippen molar-refractivity contribution in [3.63, 3.8) is 0 Å². The highest BCUT2D eigenvalue weighted by molar-refractivity contribution is 5.66. The van der Waals surface area contributed by atoms with Crippen molar-refractivity contribution in [3.05, 3.63) is 11.8 Å². The lowest BCUT2D eigenvalue weighted by Crippen LogP contribution is -2.29. The van der Waals surface area contributed by atoms with Gasteiger partial charge in [0.2, 0.25) is 11.8 Å². The maximum Gasteiger partial charge on any atom is 0.407 e. The molecule has 0 radical (unpaired) electrons. The van der Waals surface area contributed by atoms with Gasteiger partial charge < -0.3 is 14.4 Å². The van der Waals surface area contributed by atoms with Crippen LogP contribution in [0.3, 0.4) is 0 Å². The Labute approximate surface area is 85.9 Å². The molecule has 2 aliphatic rings. The zero-order valence-corrected chi connectivity index (χ0v) is 8.25. The molecule has 2 fully saturated rings. The van der Waals surface area contributed by atoms with Gasteiger partial charge in [0, 0.05) is 25.9 Å². The van der Waals surface area contributed by atoms with Gasteiger partial charge in [-0.15, -0.1) is 10.2 Å². The van der Waals surface area contributed by atoms with Crippen molar-refractivity contribution in [1.82, 2.24) is 15.1 Å². The highest BCUT2D eigenvalue weighted by Gasteiger charge is 2.59.